The van der Waals surface area contributed by atoms with E-state index < -0.39 is 17.5 Å². The average Bonchev–Trinajstić information content (AvgIpc) is 1.76. The topological polar surface area (TPSA) is 295 Å². The van der Waals surface area contributed by atoms with E-state index in [1.165, 1.54) is 59.7 Å². The zero-order valence-corrected chi connectivity index (χ0v) is 81.0. The number of carbonyl (C=O) groups is 6. The molecular weight excluding hydrogens is 1870 g/mol. The fraction of sp³-hybridized carbons (Fsp3) is 0.0769. The van der Waals surface area contributed by atoms with Gasteiger partial charge in [0.25, 0.3) is 0 Å². The monoisotopic (exact) mass is 1960 g/mol. The first-order valence-electron chi connectivity index (χ1n) is 44.9. The van der Waals surface area contributed by atoms with Crippen LogP contribution in [0.25, 0.3) is 104 Å². The number of aryl methyl sites for hydroxylation is 8. The van der Waals surface area contributed by atoms with Crippen molar-refractivity contribution >= 4 is 106 Å². The van der Waals surface area contributed by atoms with Crippen molar-refractivity contribution in [2.24, 2.45) is 0 Å². The number of aliphatic hydroxyl groups is 1. The lowest BCUT2D eigenvalue weighted by molar-refractivity contribution is 0.103. The Morgan fingerprint density at radius 3 is 0.832 bits per heavy atom. The van der Waals surface area contributed by atoms with Gasteiger partial charge in [0.2, 0.25) is 0 Å². The highest BCUT2D eigenvalue weighted by molar-refractivity contribution is 6.42. The van der Waals surface area contributed by atoms with E-state index in [0.29, 0.717) is 99.3 Å². The zero-order valence-electron chi connectivity index (χ0n) is 78.7. The molecule has 0 atom stereocenters. The van der Waals surface area contributed by atoms with E-state index in [1.54, 1.807) is 134 Å². The summed E-state index contributed by atoms with van der Waals surface area (Å²) in [6.45, 7) is 15.8. The van der Waals surface area contributed by atoms with Crippen molar-refractivity contribution in [3.8, 4) is 67.5 Å². The van der Waals surface area contributed by atoms with Crippen LogP contribution < -0.4 is 0 Å². The Labute approximate surface area is 838 Å². The van der Waals surface area contributed by atoms with Crippen LogP contribution in [0, 0.1) is 78.7 Å². The molecule has 0 amide bonds. The molecule has 12 aromatic carbocycles. The van der Waals surface area contributed by atoms with Crippen molar-refractivity contribution in [2.45, 2.75) is 62.0 Å². The maximum absolute atomic E-state index is 14.1. The number of halogens is 7. The van der Waals surface area contributed by atoms with Gasteiger partial charge in [-0.1, -0.05) is 250 Å². The zero-order chi connectivity index (χ0) is 102. The Morgan fingerprint density at radius 1 is 0.259 bits per heavy atom. The molecule has 0 saturated heterocycles. The predicted octanol–water partition coefficient (Wildman–Crippen LogP) is 28.3. The number of hydrogen-bond acceptors (Lipinski definition) is 13. The third kappa shape index (κ3) is 30.5. The van der Waals surface area contributed by atoms with Gasteiger partial charge >= 0.3 is 0 Å². The van der Waals surface area contributed by atoms with Crippen molar-refractivity contribution in [1.29, 1.82) is 0 Å². The van der Waals surface area contributed by atoms with Gasteiger partial charge in [0.15, 0.2) is 46.3 Å². The van der Waals surface area contributed by atoms with Gasteiger partial charge in [-0.25, -0.2) is 17.6 Å². The molecule has 714 valence electrons. The van der Waals surface area contributed by atoms with Crippen LogP contribution in [0.2, 0.25) is 15.1 Å². The Balaban J connectivity index is 0.000000144. The number of aliphatic hydroxyl groups excluding tert-OH is 1. The van der Waals surface area contributed by atoms with Gasteiger partial charge in [0.1, 0.15) is 11.6 Å². The summed E-state index contributed by atoms with van der Waals surface area (Å²) in [4.78, 5) is 72.7. The summed E-state index contributed by atoms with van der Waals surface area (Å²) in [6, 6.07) is 88.6. The number of aromatic nitrogens is 12. The summed E-state index contributed by atoms with van der Waals surface area (Å²) in [5.74, 6) is -2.99. The fourth-order valence-corrected chi connectivity index (χ4v) is 14.0. The summed E-state index contributed by atoms with van der Waals surface area (Å²) in [5, 5.41) is 52.9. The number of nitrogens with zero attached hydrogens (tertiary/aromatic N) is 6. The van der Waals surface area contributed by atoms with E-state index in [1.807, 2.05) is 205 Å². The highest BCUT2D eigenvalue weighted by Gasteiger charge is 2.16. The van der Waals surface area contributed by atoms with Crippen molar-refractivity contribution in [3.63, 3.8) is 0 Å². The van der Waals surface area contributed by atoms with Gasteiger partial charge in [-0.15, -0.1) is 0 Å². The van der Waals surface area contributed by atoms with E-state index in [4.69, 9.17) is 39.9 Å². The van der Waals surface area contributed by atoms with E-state index >= 15 is 0 Å². The fourth-order valence-electron chi connectivity index (χ4n) is 13.6. The minimum atomic E-state index is -0.929. The molecule has 0 bridgehead atoms. The van der Waals surface area contributed by atoms with Crippen LogP contribution in [0.3, 0.4) is 0 Å². The molecule has 6 heterocycles. The lowest BCUT2D eigenvalue weighted by Gasteiger charge is -2.01. The second-order valence-electron chi connectivity index (χ2n) is 33.2. The second-order valence-corrected chi connectivity index (χ2v) is 34.4. The Hall–Kier alpha value is -17.1. The van der Waals surface area contributed by atoms with Crippen molar-refractivity contribution < 1.29 is 51.4 Å². The first kappa shape index (κ1) is 103. The molecule has 6 aromatic heterocycles. The van der Waals surface area contributed by atoms with E-state index in [9.17, 15) is 46.3 Å². The van der Waals surface area contributed by atoms with Crippen LogP contribution in [-0.4, -0.2) is 101 Å². The Kier molecular flexibility index (Phi) is 36.1. The van der Waals surface area contributed by atoms with E-state index in [0.717, 1.165) is 102 Å². The van der Waals surface area contributed by atoms with Crippen LogP contribution in [0.5, 0.6) is 0 Å². The van der Waals surface area contributed by atoms with Crippen molar-refractivity contribution in [1.82, 2.24) is 61.2 Å². The summed E-state index contributed by atoms with van der Waals surface area (Å²) >= 11 is 17.8. The standard InChI is InChI=1S/C21H20N2O.C20H17FN2O2.C19H14Cl2N2O.C19H15ClN2O.C19H14F2N2O.C19H15FN2O/c1-14-4-7-17(8-5-14)21(24)11-10-19-13-20(23-22-19)18-9-6-15(2)16(3)12-18;1-13-2-5-15(6-3-13)20(25)9-7-16-11-19(23-22-16)17-8-4-14(12-24)10-18(17)21;1-12-2-4-13(5-3-12)19(24)9-7-15-11-18(23-22-15)14-6-8-16(20)17(21)10-14;1-13-2-4-15(5-3-13)19(23)11-10-17-12-18(22-21-17)14-6-8-16(20)9-7-14;1-12-2-4-13(5-3-12)19(24)9-7-15-11-18(23-22-15)14-6-8-16(20)17(21)10-14;1-13-2-4-15(5-3-13)19(23)11-10-17-12-18(22-21-17)14-6-8-16(20)9-7-14/h4-13H,1-3H3,(H,22,23);2-11,24H,12H2,1H3,(H,22,23);2-11H,1H3,(H,22,23);2-12H,1H3,(H,21,22);2-11H,1H3,(H,22,23);2-12H,1H3,(H,21,22)/b11-10+;2*9-7+;11-10+;9-7+;11-10+. The molecule has 0 aliphatic carbocycles. The summed E-state index contributed by atoms with van der Waals surface area (Å²) < 4.78 is 53.2. The molecule has 26 heteroatoms. The first-order valence-corrected chi connectivity index (χ1v) is 46.0. The predicted molar refractivity (Wildman–Crippen MR) is 562 cm³/mol. The molecule has 0 spiro atoms. The van der Waals surface area contributed by atoms with E-state index in [2.05, 4.69) is 93.2 Å². The first-order chi connectivity index (χ1) is 68.9. The largest absolute Gasteiger partial charge is 0.392 e. The van der Waals surface area contributed by atoms with Crippen LogP contribution in [0.15, 0.2) is 340 Å². The van der Waals surface area contributed by atoms with Gasteiger partial charge in [-0.05, 0) is 266 Å². The number of ketones is 6. The molecule has 0 saturated carbocycles. The molecule has 7 N–H and O–H groups in total. The minimum Gasteiger partial charge on any atom is -0.392 e. The number of hydrogen-bond donors (Lipinski definition) is 7. The summed E-state index contributed by atoms with van der Waals surface area (Å²) in [5.41, 5.74) is 26.3. The summed E-state index contributed by atoms with van der Waals surface area (Å²) in [7, 11) is 0. The quantitative estimate of drug-likeness (QED) is 0.0159. The number of rotatable bonds is 25. The van der Waals surface area contributed by atoms with Crippen LogP contribution in [-0.2, 0) is 6.61 Å². The highest BCUT2D eigenvalue weighted by Crippen LogP contribution is 2.31. The number of allylic oxidation sites excluding steroid dienone is 6. The van der Waals surface area contributed by atoms with Crippen LogP contribution in [0.4, 0.5) is 17.6 Å². The lowest BCUT2D eigenvalue weighted by atomic mass is 10.0. The number of aromatic amines is 6. The van der Waals surface area contributed by atoms with Crippen LogP contribution in [0.1, 0.15) is 146 Å². The lowest BCUT2D eigenvalue weighted by Crippen LogP contribution is -1.93. The van der Waals surface area contributed by atoms with E-state index in [-0.39, 0.29) is 47.1 Å². The third-order valence-corrected chi connectivity index (χ3v) is 23.1. The number of benzene rings is 12. The van der Waals surface area contributed by atoms with Crippen molar-refractivity contribution in [3.05, 3.63) is 496 Å². The molecule has 0 radical (unpaired) electrons. The smallest absolute Gasteiger partial charge is 0.185 e. The van der Waals surface area contributed by atoms with Crippen LogP contribution >= 0.6 is 34.8 Å². The van der Waals surface area contributed by atoms with Gasteiger partial charge in [-0.3, -0.25) is 59.4 Å². The van der Waals surface area contributed by atoms with Gasteiger partial charge in [-0.2, -0.15) is 30.6 Å². The third-order valence-electron chi connectivity index (χ3n) is 22.1. The Bertz CT molecular complexity index is 7190. The molecule has 18 rings (SSSR count). The normalized spacial score (nSPS) is 11.1. The average molecular weight is 1960 g/mol. The number of nitrogens with one attached hydrogen (secondary N) is 6. The minimum absolute atomic E-state index is 0.0164. The van der Waals surface area contributed by atoms with Gasteiger partial charge < -0.3 is 5.11 Å². The molecule has 18 aromatic rings. The SMILES string of the molecule is Cc1ccc(C(=O)/C=C/c2cc(-c3ccc(C)c(C)c3)n[nH]2)cc1.Cc1ccc(C(=O)/C=C/c2cc(-c3ccc(CO)cc3F)n[nH]2)cc1.Cc1ccc(C(=O)/C=C/c2cc(-c3ccc(Cl)c(Cl)c3)n[nH]2)cc1.Cc1ccc(C(=O)/C=C/c2cc(-c3ccc(Cl)cc3)n[nH]2)cc1.Cc1ccc(C(=O)/C=C/c2cc(-c3ccc(F)c(F)c3)n[nH]2)cc1.Cc1ccc(C(=O)/C=C/c2cc(-c3ccc(F)cc3)n[nH]2)cc1. The Morgan fingerprint density at radius 2 is 0.531 bits per heavy atom. The molecule has 143 heavy (non-hydrogen) atoms. The molecule has 0 aliphatic heterocycles. The maximum Gasteiger partial charge on any atom is 0.185 e. The van der Waals surface area contributed by atoms with Gasteiger partial charge in [0.05, 0.1) is 85.0 Å². The molecule has 19 nitrogen and oxygen atoms in total. The molecule has 0 unspecified atom stereocenters. The molecule has 0 fully saturated rings. The van der Waals surface area contributed by atoms with Crippen molar-refractivity contribution in [2.75, 3.05) is 0 Å². The number of carbonyl (C=O) groups excluding carboxylic acids is 6. The molecule has 0 aliphatic rings. The molecular formula is C117H95Cl3F4N12O7. The summed E-state index contributed by atoms with van der Waals surface area (Å²) in [6.07, 6.45) is 19.1. The number of H-pyrrole nitrogens is 6. The second kappa shape index (κ2) is 50.0. The maximum atomic E-state index is 14.1. The highest BCUT2D eigenvalue weighted by atomic mass is 35.5. The van der Waals surface area contributed by atoms with Gasteiger partial charge in [0, 0.05) is 71.8 Å².